The average Bonchev–Trinajstić information content (AvgIpc) is 2.86. The molecule has 3 unspecified atom stereocenters. The highest BCUT2D eigenvalue weighted by Crippen LogP contribution is 2.30. The highest BCUT2D eigenvalue weighted by molar-refractivity contribution is 5.93. The molecule has 1 rings (SSSR count). The minimum absolute atomic E-state index is 0.000807. The Labute approximate surface area is 242 Å². The number of aryl methyl sites for hydroxylation is 1. The van der Waals surface area contributed by atoms with Crippen LogP contribution in [0.2, 0.25) is 0 Å². The summed E-state index contributed by atoms with van der Waals surface area (Å²) in [6, 6.07) is 1.46. The van der Waals surface area contributed by atoms with Gasteiger partial charge in [0.15, 0.2) is 0 Å². The van der Waals surface area contributed by atoms with Gasteiger partial charge in [-0.25, -0.2) is 4.79 Å². The van der Waals surface area contributed by atoms with Crippen LogP contribution in [0.15, 0.2) is 18.2 Å². The number of primary amides is 1. The quantitative estimate of drug-likeness (QED) is 0.243. The van der Waals surface area contributed by atoms with E-state index >= 15 is 0 Å². The largest absolute Gasteiger partial charge is 0.508 e. The topological polar surface area (TPSA) is 177 Å². The number of carbonyl (C=O) groups excluding carboxylic acids is 5. The van der Waals surface area contributed by atoms with Crippen LogP contribution < -0.4 is 16.4 Å². The maximum absolute atomic E-state index is 14.3. The van der Waals surface area contributed by atoms with Crippen molar-refractivity contribution in [2.24, 2.45) is 11.7 Å². The molecule has 0 aliphatic carbocycles. The van der Waals surface area contributed by atoms with Crippen LogP contribution in [0.25, 0.3) is 0 Å². The van der Waals surface area contributed by atoms with Gasteiger partial charge in [0.2, 0.25) is 17.7 Å². The van der Waals surface area contributed by atoms with Crippen molar-refractivity contribution < 1.29 is 38.6 Å². The lowest BCUT2D eigenvalue weighted by Crippen LogP contribution is -2.56. The number of ether oxygens (including phenoxy) is 2. The summed E-state index contributed by atoms with van der Waals surface area (Å²) in [5, 5.41) is 15.2. The standard InChI is InChI=1S/C29H46N4O8/c1-17(2)9-10-19(4)33(27(38)21(12-14-23(30)35)32-28(39)41-29(5,6)7)25(26(37)31-16-24(36)40-8)20-11-13-22(34)18(3)15-20/h11,13,15,17,19,21,25,34H,9-10,12,14,16H2,1-8H3,(H2,30,35)(H,31,37)(H,32,39). The van der Waals surface area contributed by atoms with Gasteiger partial charge in [-0.05, 0) is 83.1 Å². The van der Waals surface area contributed by atoms with E-state index in [0.29, 0.717) is 23.5 Å². The van der Waals surface area contributed by atoms with E-state index < -0.39 is 60.1 Å². The molecule has 0 aliphatic rings. The third kappa shape index (κ3) is 12.1. The van der Waals surface area contributed by atoms with Gasteiger partial charge >= 0.3 is 12.1 Å². The van der Waals surface area contributed by atoms with Crippen LogP contribution in [-0.2, 0) is 28.7 Å². The number of phenols is 1. The number of nitrogens with one attached hydrogen (secondary N) is 2. The van der Waals surface area contributed by atoms with E-state index in [1.807, 2.05) is 13.8 Å². The summed E-state index contributed by atoms with van der Waals surface area (Å²) >= 11 is 0. The van der Waals surface area contributed by atoms with E-state index in [9.17, 15) is 29.1 Å². The van der Waals surface area contributed by atoms with Gasteiger partial charge in [-0.15, -0.1) is 0 Å². The van der Waals surface area contributed by atoms with E-state index in [2.05, 4.69) is 15.4 Å². The second-order valence-electron chi connectivity index (χ2n) is 11.5. The zero-order valence-electron chi connectivity index (χ0n) is 25.4. The number of aromatic hydroxyl groups is 1. The second kappa shape index (κ2) is 15.8. The molecule has 1 aromatic rings. The first kappa shape index (κ1) is 35.2. The van der Waals surface area contributed by atoms with Gasteiger partial charge in [-0.3, -0.25) is 19.2 Å². The molecule has 0 aromatic heterocycles. The lowest BCUT2D eigenvalue weighted by atomic mass is 9.95. The molecule has 0 spiro atoms. The summed E-state index contributed by atoms with van der Waals surface area (Å²) < 4.78 is 9.99. The van der Waals surface area contributed by atoms with Crippen molar-refractivity contribution in [3.05, 3.63) is 29.3 Å². The zero-order chi connectivity index (χ0) is 31.5. The van der Waals surface area contributed by atoms with Crippen LogP contribution in [0.5, 0.6) is 5.75 Å². The van der Waals surface area contributed by atoms with E-state index in [-0.39, 0.29) is 18.6 Å². The Morgan fingerprint density at radius 3 is 2.20 bits per heavy atom. The van der Waals surface area contributed by atoms with Crippen molar-refractivity contribution in [2.75, 3.05) is 13.7 Å². The Hall–Kier alpha value is -3.83. The second-order valence-corrected chi connectivity index (χ2v) is 11.5. The smallest absolute Gasteiger partial charge is 0.408 e. The van der Waals surface area contributed by atoms with Crippen molar-refractivity contribution >= 4 is 29.8 Å². The number of alkyl carbamates (subject to hydrolysis) is 1. The Morgan fingerprint density at radius 2 is 1.68 bits per heavy atom. The van der Waals surface area contributed by atoms with Crippen molar-refractivity contribution in [3.8, 4) is 5.75 Å². The van der Waals surface area contributed by atoms with Crippen LogP contribution in [0.4, 0.5) is 4.79 Å². The first-order valence-electron chi connectivity index (χ1n) is 13.7. The van der Waals surface area contributed by atoms with Gasteiger partial charge in [0.05, 0.1) is 7.11 Å². The third-order valence-corrected chi connectivity index (χ3v) is 6.26. The molecular formula is C29H46N4O8. The molecule has 0 heterocycles. The Kier molecular flexibility index (Phi) is 13.6. The molecule has 0 fully saturated rings. The van der Waals surface area contributed by atoms with Crippen molar-refractivity contribution in [1.29, 1.82) is 0 Å². The maximum Gasteiger partial charge on any atom is 0.408 e. The maximum atomic E-state index is 14.3. The number of methoxy groups -OCH3 is 1. The van der Waals surface area contributed by atoms with E-state index in [4.69, 9.17) is 10.5 Å². The fraction of sp³-hybridized carbons (Fsp3) is 0.621. The first-order valence-corrected chi connectivity index (χ1v) is 13.7. The van der Waals surface area contributed by atoms with Crippen LogP contribution in [0.1, 0.15) is 84.4 Å². The first-order chi connectivity index (χ1) is 19.0. The number of amides is 4. The molecule has 4 amide bonds. The molecule has 0 bridgehead atoms. The molecule has 12 nitrogen and oxygen atoms in total. The van der Waals surface area contributed by atoms with E-state index in [1.165, 1.54) is 24.1 Å². The predicted molar refractivity (Wildman–Crippen MR) is 153 cm³/mol. The van der Waals surface area contributed by atoms with Gasteiger partial charge in [-0.2, -0.15) is 0 Å². The number of nitrogens with two attached hydrogens (primary N) is 1. The van der Waals surface area contributed by atoms with Gasteiger partial charge in [0.1, 0.15) is 30.0 Å². The Morgan fingerprint density at radius 1 is 1.05 bits per heavy atom. The van der Waals surface area contributed by atoms with Gasteiger partial charge in [0, 0.05) is 12.5 Å². The van der Waals surface area contributed by atoms with Crippen molar-refractivity contribution in [1.82, 2.24) is 15.5 Å². The van der Waals surface area contributed by atoms with Gasteiger partial charge < -0.3 is 35.8 Å². The van der Waals surface area contributed by atoms with Crippen LogP contribution in [0.3, 0.4) is 0 Å². The molecule has 12 heteroatoms. The summed E-state index contributed by atoms with van der Waals surface area (Å²) in [5.41, 5.74) is 5.35. The summed E-state index contributed by atoms with van der Waals surface area (Å²) in [5.74, 6) is -2.37. The number of esters is 1. The predicted octanol–water partition coefficient (Wildman–Crippen LogP) is 2.84. The lowest BCUT2D eigenvalue weighted by molar-refractivity contribution is -0.146. The Bertz CT molecular complexity index is 1080. The highest BCUT2D eigenvalue weighted by Gasteiger charge is 2.39. The van der Waals surface area contributed by atoms with Crippen molar-refractivity contribution in [2.45, 2.75) is 97.9 Å². The molecular weight excluding hydrogens is 532 g/mol. The van der Waals surface area contributed by atoms with E-state index in [1.54, 1.807) is 40.7 Å². The minimum atomic E-state index is -1.26. The number of benzene rings is 1. The molecule has 1 aromatic carbocycles. The summed E-state index contributed by atoms with van der Waals surface area (Å²) in [7, 11) is 1.19. The van der Waals surface area contributed by atoms with Crippen LogP contribution in [-0.4, -0.2) is 71.1 Å². The average molecular weight is 579 g/mol. The van der Waals surface area contributed by atoms with Crippen LogP contribution >= 0.6 is 0 Å². The van der Waals surface area contributed by atoms with Crippen LogP contribution in [0, 0.1) is 12.8 Å². The summed E-state index contributed by atoms with van der Waals surface area (Å²) in [6.07, 6.45) is 0.0176. The van der Waals surface area contributed by atoms with Gasteiger partial charge in [0.25, 0.3) is 0 Å². The van der Waals surface area contributed by atoms with Crippen molar-refractivity contribution in [3.63, 3.8) is 0 Å². The van der Waals surface area contributed by atoms with E-state index in [0.717, 1.165) is 6.42 Å². The fourth-order valence-corrected chi connectivity index (χ4v) is 4.10. The number of hydrogen-bond donors (Lipinski definition) is 4. The summed E-state index contributed by atoms with van der Waals surface area (Å²) in [6.45, 7) is 12.1. The summed E-state index contributed by atoms with van der Waals surface area (Å²) in [4.78, 5) is 65.5. The molecule has 230 valence electrons. The number of rotatable bonds is 14. The number of phenolic OH excluding ortho intramolecular Hbond substituents is 1. The SMILES string of the molecule is COC(=O)CNC(=O)C(c1ccc(O)c(C)c1)N(C(=O)C(CCC(N)=O)NC(=O)OC(C)(C)C)C(C)CCC(C)C. The molecule has 5 N–H and O–H groups in total. The highest BCUT2D eigenvalue weighted by atomic mass is 16.6. The number of carbonyl (C=O) groups is 5. The monoisotopic (exact) mass is 578 g/mol. The minimum Gasteiger partial charge on any atom is -0.508 e. The molecule has 0 saturated carbocycles. The normalized spacial score (nSPS) is 13.5. The molecule has 0 aliphatic heterocycles. The molecule has 41 heavy (non-hydrogen) atoms. The zero-order valence-corrected chi connectivity index (χ0v) is 25.4. The molecule has 0 saturated heterocycles. The Balaban J connectivity index is 3.70. The fourth-order valence-electron chi connectivity index (χ4n) is 4.10. The molecule has 0 radical (unpaired) electrons. The van der Waals surface area contributed by atoms with Gasteiger partial charge in [-0.1, -0.05) is 19.9 Å². The number of hydrogen-bond acceptors (Lipinski definition) is 8. The third-order valence-electron chi connectivity index (χ3n) is 6.26. The molecule has 3 atom stereocenters. The lowest BCUT2D eigenvalue weighted by Gasteiger charge is -2.39. The number of nitrogens with zero attached hydrogens (tertiary/aromatic N) is 1.